The molecule has 0 unspecified atom stereocenters. The lowest BCUT2D eigenvalue weighted by Gasteiger charge is -2.32. The molecule has 0 amide bonds. The fraction of sp³-hybridized carbons (Fsp3) is 0.304. The second kappa shape index (κ2) is 8.59. The molecule has 154 valence electrons. The van der Waals surface area contributed by atoms with Crippen LogP contribution in [0.2, 0.25) is 0 Å². The van der Waals surface area contributed by atoms with Crippen LogP contribution < -0.4 is 0 Å². The third-order valence-corrected chi connectivity index (χ3v) is 4.91. The molecular formula is C23H26N6O. The average Bonchev–Trinajstić information content (AvgIpc) is 3.42. The molecule has 3 heterocycles. The number of rotatable bonds is 7. The maximum absolute atomic E-state index is 5.69. The lowest BCUT2D eigenvalue weighted by atomic mass is 10.0. The molecule has 0 fully saturated rings. The van der Waals surface area contributed by atoms with Crippen LogP contribution in [0.15, 0.2) is 77.7 Å². The Kier molecular flexibility index (Phi) is 5.72. The Bertz CT molecular complexity index is 1040. The van der Waals surface area contributed by atoms with Crippen LogP contribution in [0.5, 0.6) is 0 Å². The number of tetrazole rings is 1. The zero-order valence-electron chi connectivity index (χ0n) is 17.5. The SMILES string of the molecule is CC(C)(C)n1nnnc1[C@H](c1cccnc1)N(Cc1ccccc1)Cc1ccco1. The zero-order chi connectivity index (χ0) is 21.0. The molecule has 4 rings (SSSR count). The molecule has 0 aliphatic rings. The second-order valence-corrected chi connectivity index (χ2v) is 8.28. The molecule has 0 radical (unpaired) electrons. The predicted octanol–water partition coefficient (Wildman–Crippen LogP) is 4.21. The van der Waals surface area contributed by atoms with Crippen LogP contribution in [0.25, 0.3) is 0 Å². The normalized spacial score (nSPS) is 12.9. The Labute approximate surface area is 176 Å². The number of pyridine rings is 1. The molecule has 0 aliphatic carbocycles. The van der Waals surface area contributed by atoms with Crippen LogP contribution in [0, 0.1) is 0 Å². The molecule has 0 saturated heterocycles. The molecule has 1 aromatic carbocycles. The summed E-state index contributed by atoms with van der Waals surface area (Å²) >= 11 is 0. The third kappa shape index (κ3) is 4.46. The van der Waals surface area contributed by atoms with Crippen LogP contribution in [0.3, 0.4) is 0 Å². The van der Waals surface area contributed by atoms with Crippen molar-refractivity contribution in [3.8, 4) is 0 Å². The van der Waals surface area contributed by atoms with Gasteiger partial charge >= 0.3 is 0 Å². The highest BCUT2D eigenvalue weighted by molar-refractivity contribution is 5.24. The minimum atomic E-state index is -0.262. The summed E-state index contributed by atoms with van der Waals surface area (Å²) in [6, 6.07) is 18.1. The van der Waals surface area contributed by atoms with E-state index in [1.807, 2.05) is 35.1 Å². The van der Waals surface area contributed by atoms with Crippen molar-refractivity contribution in [1.29, 1.82) is 0 Å². The van der Waals surface area contributed by atoms with E-state index in [0.717, 1.165) is 17.1 Å². The summed E-state index contributed by atoms with van der Waals surface area (Å²) in [5.41, 5.74) is 1.97. The molecule has 3 aromatic heterocycles. The first kappa shape index (κ1) is 20.0. The Balaban J connectivity index is 1.82. The zero-order valence-corrected chi connectivity index (χ0v) is 17.5. The van der Waals surface area contributed by atoms with Gasteiger partial charge < -0.3 is 4.42 Å². The molecule has 0 saturated carbocycles. The van der Waals surface area contributed by atoms with Gasteiger partial charge in [0.15, 0.2) is 5.82 Å². The topological polar surface area (TPSA) is 72.9 Å². The first-order valence-corrected chi connectivity index (χ1v) is 10.0. The highest BCUT2D eigenvalue weighted by Crippen LogP contribution is 2.32. The van der Waals surface area contributed by atoms with E-state index in [2.05, 4.69) is 76.5 Å². The maximum atomic E-state index is 5.69. The largest absolute Gasteiger partial charge is 0.468 e. The van der Waals surface area contributed by atoms with Gasteiger partial charge in [-0.2, -0.15) is 0 Å². The highest BCUT2D eigenvalue weighted by atomic mass is 16.3. The van der Waals surface area contributed by atoms with Gasteiger partial charge in [0.25, 0.3) is 0 Å². The summed E-state index contributed by atoms with van der Waals surface area (Å²) < 4.78 is 7.58. The van der Waals surface area contributed by atoms with Gasteiger partial charge in [0, 0.05) is 18.9 Å². The molecule has 7 heteroatoms. The van der Waals surface area contributed by atoms with E-state index in [1.54, 1.807) is 12.5 Å². The summed E-state index contributed by atoms with van der Waals surface area (Å²) in [7, 11) is 0. The minimum absolute atomic E-state index is 0.196. The number of hydrogen-bond donors (Lipinski definition) is 0. The first-order chi connectivity index (χ1) is 14.5. The maximum Gasteiger partial charge on any atom is 0.173 e. The van der Waals surface area contributed by atoms with Gasteiger partial charge in [0.1, 0.15) is 5.76 Å². The van der Waals surface area contributed by atoms with E-state index in [-0.39, 0.29) is 11.6 Å². The average molecular weight is 403 g/mol. The van der Waals surface area contributed by atoms with E-state index in [0.29, 0.717) is 13.1 Å². The fourth-order valence-corrected chi connectivity index (χ4v) is 3.56. The highest BCUT2D eigenvalue weighted by Gasteiger charge is 2.32. The van der Waals surface area contributed by atoms with E-state index in [1.165, 1.54) is 5.56 Å². The summed E-state index contributed by atoms with van der Waals surface area (Å²) in [5, 5.41) is 12.8. The van der Waals surface area contributed by atoms with Gasteiger partial charge in [-0.1, -0.05) is 36.4 Å². The number of furan rings is 1. The van der Waals surface area contributed by atoms with Crippen molar-refractivity contribution in [2.75, 3.05) is 0 Å². The molecule has 4 aromatic rings. The molecular weight excluding hydrogens is 376 g/mol. The van der Waals surface area contributed by atoms with Crippen LogP contribution in [0.4, 0.5) is 0 Å². The summed E-state index contributed by atoms with van der Waals surface area (Å²) in [6.07, 6.45) is 5.36. The molecule has 30 heavy (non-hydrogen) atoms. The van der Waals surface area contributed by atoms with Crippen molar-refractivity contribution in [3.63, 3.8) is 0 Å². The van der Waals surface area contributed by atoms with E-state index >= 15 is 0 Å². The smallest absolute Gasteiger partial charge is 0.173 e. The van der Waals surface area contributed by atoms with Gasteiger partial charge in [0.2, 0.25) is 0 Å². The molecule has 0 spiro atoms. The van der Waals surface area contributed by atoms with E-state index < -0.39 is 0 Å². The summed E-state index contributed by atoms with van der Waals surface area (Å²) in [6.45, 7) is 7.61. The van der Waals surface area contributed by atoms with Crippen LogP contribution in [-0.2, 0) is 18.6 Å². The monoisotopic (exact) mass is 402 g/mol. The number of aromatic nitrogens is 5. The van der Waals surface area contributed by atoms with Crippen molar-refractivity contribution in [1.82, 2.24) is 30.1 Å². The third-order valence-electron chi connectivity index (χ3n) is 4.91. The lowest BCUT2D eigenvalue weighted by molar-refractivity contribution is 0.172. The standard InChI is InChI=1S/C23H26N6O/c1-23(2,3)29-22(25-26-27-29)21(19-11-7-13-24-15-19)28(17-20-12-8-14-30-20)16-18-9-5-4-6-10-18/h4-15,21H,16-17H2,1-3H3/t21-/m0/s1. The van der Waals surface area contributed by atoms with Gasteiger partial charge in [-0.3, -0.25) is 9.88 Å². The Morgan fingerprint density at radius 3 is 2.50 bits per heavy atom. The quantitative estimate of drug-likeness (QED) is 0.461. The number of hydrogen-bond acceptors (Lipinski definition) is 6. The second-order valence-electron chi connectivity index (χ2n) is 8.28. The van der Waals surface area contributed by atoms with E-state index in [4.69, 9.17) is 4.42 Å². The van der Waals surface area contributed by atoms with Crippen molar-refractivity contribution >= 4 is 0 Å². The molecule has 1 atom stereocenters. The minimum Gasteiger partial charge on any atom is -0.468 e. The number of benzene rings is 1. The Morgan fingerprint density at radius 1 is 1.00 bits per heavy atom. The fourth-order valence-electron chi connectivity index (χ4n) is 3.56. The van der Waals surface area contributed by atoms with Crippen molar-refractivity contribution in [3.05, 3.63) is 96.0 Å². The first-order valence-electron chi connectivity index (χ1n) is 10.0. The van der Waals surface area contributed by atoms with Gasteiger partial charge in [-0.05, 0) is 60.5 Å². The Hall–Kier alpha value is -3.32. The summed E-state index contributed by atoms with van der Waals surface area (Å²) in [5.74, 6) is 1.66. The van der Waals surface area contributed by atoms with Gasteiger partial charge in [-0.15, -0.1) is 5.10 Å². The van der Waals surface area contributed by atoms with Crippen molar-refractivity contribution < 1.29 is 4.42 Å². The lowest BCUT2D eigenvalue weighted by Crippen LogP contribution is -2.34. The van der Waals surface area contributed by atoms with Crippen LogP contribution >= 0.6 is 0 Å². The Morgan fingerprint density at radius 2 is 1.83 bits per heavy atom. The predicted molar refractivity (Wildman–Crippen MR) is 113 cm³/mol. The van der Waals surface area contributed by atoms with Gasteiger partial charge in [-0.25, -0.2) is 4.68 Å². The van der Waals surface area contributed by atoms with Gasteiger partial charge in [0.05, 0.1) is 24.4 Å². The molecule has 0 aliphatic heterocycles. The number of nitrogens with zero attached hydrogens (tertiary/aromatic N) is 6. The van der Waals surface area contributed by atoms with Crippen LogP contribution in [0.1, 0.15) is 49.5 Å². The van der Waals surface area contributed by atoms with Crippen LogP contribution in [-0.4, -0.2) is 30.1 Å². The van der Waals surface area contributed by atoms with Crippen molar-refractivity contribution in [2.24, 2.45) is 0 Å². The molecule has 0 bridgehead atoms. The summed E-state index contributed by atoms with van der Waals surface area (Å²) in [4.78, 5) is 6.68. The van der Waals surface area contributed by atoms with Crippen molar-refractivity contribution in [2.45, 2.75) is 45.4 Å². The molecule has 7 nitrogen and oxygen atoms in total. The van der Waals surface area contributed by atoms with E-state index in [9.17, 15) is 0 Å². The molecule has 0 N–H and O–H groups in total.